The summed E-state index contributed by atoms with van der Waals surface area (Å²) in [4.78, 5) is 10.7. The maximum Gasteiger partial charge on any atom is 0.155 e. The molecule has 1 spiro atoms. The summed E-state index contributed by atoms with van der Waals surface area (Å²) >= 11 is 0. The fourth-order valence-corrected chi connectivity index (χ4v) is 2.67. The zero-order chi connectivity index (χ0) is 10.2. The van der Waals surface area contributed by atoms with E-state index >= 15 is 0 Å². The van der Waals surface area contributed by atoms with E-state index in [-0.39, 0.29) is 12.4 Å². The summed E-state index contributed by atoms with van der Waals surface area (Å²) in [5.41, 5.74) is 0.516. The summed E-state index contributed by atoms with van der Waals surface area (Å²) in [7, 11) is 1.78. The number of hydrogen-bond donors (Lipinski definition) is 0. The van der Waals surface area contributed by atoms with Crippen LogP contribution in [0.4, 0.5) is 0 Å². The molecule has 2 aliphatic rings. The zero-order valence-corrected chi connectivity index (χ0v) is 8.91. The number of hydrogen-bond acceptors (Lipinski definition) is 3. The van der Waals surface area contributed by atoms with Crippen molar-refractivity contribution in [2.24, 2.45) is 5.41 Å². The highest BCUT2D eigenvalue weighted by molar-refractivity contribution is 5.76. The van der Waals surface area contributed by atoms with Crippen molar-refractivity contribution in [2.75, 3.05) is 13.7 Å². The molecule has 0 aromatic carbocycles. The van der Waals surface area contributed by atoms with Crippen LogP contribution in [0.2, 0.25) is 0 Å². The molecule has 0 aliphatic heterocycles. The van der Waals surface area contributed by atoms with Crippen molar-refractivity contribution in [2.45, 2.75) is 44.8 Å². The molecule has 3 nitrogen and oxygen atoms in total. The number of carbonyl (C=O) groups is 1. The molecule has 0 unspecified atom stereocenters. The number of ketones is 1. The van der Waals surface area contributed by atoms with Crippen LogP contribution in [0.3, 0.4) is 0 Å². The third kappa shape index (κ3) is 1.84. The van der Waals surface area contributed by atoms with E-state index in [1.165, 1.54) is 12.8 Å². The summed E-state index contributed by atoms with van der Waals surface area (Å²) in [5, 5.41) is 0. The summed E-state index contributed by atoms with van der Waals surface area (Å²) in [6, 6.07) is 0. The van der Waals surface area contributed by atoms with E-state index in [1.807, 2.05) is 0 Å². The van der Waals surface area contributed by atoms with Gasteiger partial charge in [0.25, 0.3) is 0 Å². The normalized spacial score (nSPS) is 40.4. The van der Waals surface area contributed by atoms with Crippen molar-refractivity contribution in [1.82, 2.24) is 0 Å². The standard InChI is InChI=1S/C11H18O3/c1-8(12)7-14-10-5-11(6-10)3-9(4-11)13-2/h9-10H,3-7H2,1-2H3. The van der Waals surface area contributed by atoms with E-state index in [9.17, 15) is 4.79 Å². The average Bonchev–Trinajstić information content (AvgIpc) is 1.98. The second kappa shape index (κ2) is 3.63. The third-order valence-electron chi connectivity index (χ3n) is 3.50. The quantitative estimate of drug-likeness (QED) is 0.687. The molecule has 2 fully saturated rings. The minimum absolute atomic E-state index is 0.120. The van der Waals surface area contributed by atoms with E-state index in [2.05, 4.69) is 0 Å². The van der Waals surface area contributed by atoms with Crippen molar-refractivity contribution in [3.05, 3.63) is 0 Å². The highest BCUT2D eigenvalue weighted by Crippen LogP contribution is 2.57. The minimum Gasteiger partial charge on any atom is -0.381 e. The Kier molecular flexibility index (Phi) is 2.62. The lowest BCUT2D eigenvalue weighted by molar-refractivity contribution is -0.170. The minimum atomic E-state index is 0.120. The predicted molar refractivity (Wildman–Crippen MR) is 52.1 cm³/mol. The molecule has 0 aromatic rings. The monoisotopic (exact) mass is 198 g/mol. The Morgan fingerprint density at radius 2 is 1.86 bits per heavy atom. The molecule has 0 aromatic heterocycles. The van der Waals surface area contributed by atoms with E-state index in [0.717, 1.165) is 12.8 Å². The Balaban J connectivity index is 1.63. The smallest absolute Gasteiger partial charge is 0.155 e. The fourth-order valence-electron chi connectivity index (χ4n) is 2.67. The van der Waals surface area contributed by atoms with Crippen LogP contribution in [0, 0.1) is 5.41 Å². The first-order valence-electron chi connectivity index (χ1n) is 5.27. The van der Waals surface area contributed by atoms with Gasteiger partial charge in [-0.3, -0.25) is 4.79 Å². The van der Waals surface area contributed by atoms with Gasteiger partial charge in [0.2, 0.25) is 0 Å². The van der Waals surface area contributed by atoms with Crippen molar-refractivity contribution >= 4 is 5.78 Å². The number of carbonyl (C=O) groups excluding carboxylic acids is 1. The number of methoxy groups -OCH3 is 1. The van der Waals surface area contributed by atoms with Gasteiger partial charge in [-0.15, -0.1) is 0 Å². The first-order chi connectivity index (χ1) is 6.63. The highest BCUT2D eigenvalue weighted by Gasteiger charge is 2.53. The van der Waals surface area contributed by atoms with Crippen LogP contribution in [0.25, 0.3) is 0 Å². The Labute approximate surface area is 84.8 Å². The van der Waals surface area contributed by atoms with Crippen molar-refractivity contribution < 1.29 is 14.3 Å². The molecule has 0 bridgehead atoms. The van der Waals surface area contributed by atoms with Gasteiger partial charge in [0.1, 0.15) is 6.61 Å². The average molecular weight is 198 g/mol. The maximum absolute atomic E-state index is 10.7. The Morgan fingerprint density at radius 1 is 1.29 bits per heavy atom. The molecule has 2 aliphatic carbocycles. The van der Waals surface area contributed by atoms with Gasteiger partial charge in [0.05, 0.1) is 12.2 Å². The lowest BCUT2D eigenvalue weighted by Gasteiger charge is -2.56. The van der Waals surface area contributed by atoms with Crippen LogP contribution in [0.1, 0.15) is 32.6 Å². The first-order valence-corrected chi connectivity index (χ1v) is 5.27. The van der Waals surface area contributed by atoms with Crippen LogP contribution < -0.4 is 0 Å². The summed E-state index contributed by atoms with van der Waals surface area (Å²) < 4.78 is 10.7. The van der Waals surface area contributed by atoms with E-state index in [4.69, 9.17) is 9.47 Å². The van der Waals surface area contributed by atoms with Crippen LogP contribution in [-0.2, 0) is 14.3 Å². The molecule has 2 rings (SSSR count). The SMILES string of the molecule is COC1CC2(C1)CC(OCC(C)=O)C2. The largest absolute Gasteiger partial charge is 0.381 e. The lowest BCUT2D eigenvalue weighted by Crippen LogP contribution is -2.53. The van der Waals surface area contributed by atoms with Crippen LogP contribution >= 0.6 is 0 Å². The number of Topliss-reactive ketones (excluding diaryl/α,β-unsaturated/α-hetero) is 1. The van der Waals surface area contributed by atoms with Gasteiger partial charge in [-0.2, -0.15) is 0 Å². The molecule has 0 radical (unpaired) electrons. The van der Waals surface area contributed by atoms with E-state index in [0.29, 0.717) is 17.6 Å². The molecule has 0 saturated heterocycles. The second-order valence-electron chi connectivity index (χ2n) is 4.81. The van der Waals surface area contributed by atoms with Crippen molar-refractivity contribution in [1.29, 1.82) is 0 Å². The molecule has 0 amide bonds. The van der Waals surface area contributed by atoms with Gasteiger partial charge >= 0.3 is 0 Å². The lowest BCUT2D eigenvalue weighted by atomic mass is 9.53. The van der Waals surface area contributed by atoms with Crippen LogP contribution in [-0.4, -0.2) is 31.7 Å². The molecular formula is C11H18O3. The van der Waals surface area contributed by atoms with Gasteiger partial charge in [-0.25, -0.2) is 0 Å². The maximum atomic E-state index is 10.7. The van der Waals surface area contributed by atoms with Gasteiger partial charge in [0.15, 0.2) is 5.78 Å². The van der Waals surface area contributed by atoms with Crippen LogP contribution in [0.15, 0.2) is 0 Å². The molecule has 2 saturated carbocycles. The van der Waals surface area contributed by atoms with Gasteiger partial charge < -0.3 is 9.47 Å². The molecule has 14 heavy (non-hydrogen) atoms. The Hall–Kier alpha value is -0.410. The van der Waals surface area contributed by atoms with Crippen LogP contribution in [0.5, 0.6) is 0 Å². The zero-order valence-electron chi connectivity index (χ0n) is 8.91. The third-order valence-corrected chi connectivity index (χ3v) is 3.50. The fraction of sp³-hybridized carbons (Fsp3) is 0.909. The summed E-state index contributed by atoms with van der Waals surface area (Å²) in [6.45, 7) is 1.85. The molecule has 3 heteroatoms. The van der Waals surface area contributed by atoms with Gasteiger partial charge in [-0.1, -0.05) is 0 Å². The second-order valence-corrected chi connectivity index (χ2v) is 4.81. The number of ether oxygens (including phenoxy) is 2. The molecule has 80 valence electrons. The molecule has 0 heterocycles. The Morgan fingerprint density at radius 3 is 2.36 bits per heavy atom. The van der Waals surface area contributed by atoms with E-state index < -0.39 is 0 Å². The van der Waals surface area contributed by atoms with E-state index in [1.54, 1.807) is 14.0 Å². The topological polar surface area (TPSA) is 35.5 Å². The Bertz CT molecular complexity index is 223. The molecule has 0 atom stereocenters. The molecular weight excluding hydrogens is 180 g/mol. The first kappa shape index (κ1) is 10.1. The number of rotatable bonds is 4. The predicted octanol–water partition coefficient (Wildman–Crippen LogP) is 1.55. The molecule has 0 N–H and O–H groups in total. The highest BCUT2D eigenvalue weighted by atomic mass is 16.5. The summed E-state index contributed by atoms with van der Waals surface area (Å²) in [6.07, 6.45) is 5.42. The van der Waals surface area contributed by atoms with Crippen molar-refractivity contribution in [3.63, 3.8) is 0 Å². The van der Waals surface area contributed by atoms with Gasteiger partial charge in [0, 0.05) is 7.11 Å². The van der Waals surface area contributed by atoms with Crippen molar-refractivity contribution in [3.8, 4) is 0 Å². The summed E-state index contributed by atoms with van der Waals surface area (Å²) in [5.74, 6) is 0.120. The van der Waals surface area contributed by atoms with Gasteiger partial charge in [-0.05, 0) is 38.0 Å².